The molecule has 5 nitrogen and oxygen atoms in total. The number of fused-ring (bicyclic) bond motifs is 3. The van der Waals surface area contributed by atoms with E-state index in [1.165, 1.54) is 17.3 Å². The highest BCUT2D eigenvalue weighted by Crippen LogP contribution is 2.44. The summed E-state index contributed by atoms with van der Waals surface area (Å²) in [6, 6.07) is 14.4. The number of methoxy groups -OCH3 is 2. The Labute approximate surface area is 163 Å². The normalized spacial score (nSPS) is 20.6. The highest BCUT2D eigenvalue weighted by molar-refractivity contribution is 8.13. The van der Waals surface area contributed by atoms with Crippen molar-refractivity contribution in [3.8, 4) is 11.5 Å². The number of thioether (sulfide) groups is 1. The lowest BCUT2D eigenvalue weighted by molar-refractivity contribution is 0.310. The molecule has 6 heteroatoms. The molecule has 1 N–H and O–H groups in total. The van der Waals surface area contributed by atoms with Crippen molar-refractivity contribution in [3.05, 3.63) is 59.2 Å². The van der Waals surface area contributed by atoms with Crippen LogP contribution < -0.4 is 9.47 Å². The first-order chi connectivity index (χ1) is 13.2. The number of nitrogens with one attached hydrogen (secondary N) is 1. The molecule has 0 unspecified atom stereocenters. The van der Waals surface area contributed by atoms with Gasteiger partial charge in [0.1, 0.15) is 11.5 Å². The zero-order chi connectivity index (χ0) is 19.0. The molecule has 140 valence electrons. The van der Waals surface area contributed by atoms with Crippen LogP contribution in [-0.2, 0) is 6.42 Å². The molecule has 27 heavy (non-hydrogen) atoms. The first-order valence-corrected chi connectivity index (χ1v) is 10.2. The first-order valence-electron chi connectivity index (χ1n) is 8.97. The van der Waals surface area contributed by atoms with Gasteiger partial charge in [0.05, 0.1) is 26.0 Å². The molecule has 2 aromatic rings. The zero-order valence-electron chi connectivity index (χ0n) is 15.7. The summed E-state index contributed by atoms with van der Waals surface area (Å²) < 4.78 is 10.7. The molecule has 2 aliphatic rings. The molecule has 1 aliphatic carbocycles. The minimum Gasteiger partial charge on any atom is -0.497 e. The molecular formula is C21H23N3O2S. The lowest BCUT2D eigenvalue weighted by Crippen LogP contribution is -2.30. The molecule has 2 aromatic carbocycles. The van der Waals surface area contributed by atoms with Gasteiger partial charge in [0.2, 0.25) is 0 Å². The Morgan fingerprint density at radius 2 is 1.81 bits per heavy atom. The molecule has 0 fully saturated rings. The highest BCUT2D eigenvalue weighted by atomic mass is 32.2. The van der Waals surface area contributed by atoms with Crippen LogP contribution in [0.1, 0.15) is 29.2 Å². The monoisotopic (exact) mass is 381 g/mol. The fraction of sp³-hybridized carbons (Fsp3) is 0.333. The summed E-state index contributed by atoms with van der Waals surface area (Å²) in [5.41, 5.74) is 4.68. The van der Waals surface area contributed by atoms with Crippen LogP contribution in [0.5, 0.6) is 11.5 Å². The van der Waals surface area contributed by atoms with E-state index in [9.17, 15) is 0 Å². The summed E-state index contributed by atoms with van der Waals surface area (Å²) in [4.78, 5) is 0. The largest absolute Gasteiger partial charge is 0.497 e. The fourth-order valence-electron chi connectivity index (χ4n) is 4.01. The van der Waals surface area contributed by atoms with E-state index in [0.29, 0.717) is 5.17 Å². The van der Waals surface area contributed by atoms with Crippen LogP contribution in [0.25, 0.3) is 0 Å². The predicted molar refractivity (Wildman–Crippen MR) is 110 cm³/mol. The fourth-order valence-corrected chi connectivity index (χ4v) is 4.35. The molecule has 0 radical (unpaired) electrons. The second-order valence-electron chi connectivity index (χ2n) is 6.73. The average molecular weight is 382 g/mol. The van der Waals surface area contributed by atoms with Gasteiger partial charge < -0.3 is 9.47 Å². The van der Waals surface area contributed by atoms with Gasteiger partial charge in [-0.05, 0) is 54.5 Å². The van der Waals surface area contributed by atoms with Crippen LogP contribution in [0.15, 0.2) is 47.6 Å². The van der Waals surface area contributed by atoms with Crippen molar-refractivity contribution < 1.29 is 9.47 Å². The summed E-state index contributed by atoms with van der Waals surface area (Å²) in [6.07, 6.45) is 3.95. The van der Waals surface area contributed by atoms with Crippen LogP contribution in [0.3, 0.4) is 0 Å². The van der Waals surface area contributed by atoms with E-state index in [-0.39, 0.29) is 12.0 Å². The summed E-state index contributed by atoms with van der Waals surface area (Å²) in [6.45, 7) is 0. The van der Waals surface area contributed by atoms with Gasteiger partial charge in [-0.3, -0.25) is 5.41 Å². The molecular weight excluding hydrogens is 358 g/mol. The average Bonchev–Trinajstić information content (AvgIpc) is 3.12. The lowest BCUT2D eigenvalue weighted by Gasteiger charge is -2.30. The highest BCUT2D eigenvalue weighted by Gasteiger charge is 2.43. The van der Waals surface area contributed by atoms with Gasteiger partial charge in [0.25, 0.3) is 0 Å². The zero-order valence-corrected chi connectivity index (χ0v) is 16.5. The Hall–Kier alpha value is -2.47. The number of hydrazone groups is 1. The van der Waals surface area contributed by atoms with Crippen LogP contribution in [0, 0.1) is 11.3 Å². The second kappa shape index (κ2) is 7.27. The molecule has 0 bridgehead atoms. The Morgan fingerprint density at radius 3 is 2.48 bits per heavy atom. The summed E-state index contributed by atoms with van der Waals surface area (Å²) in [5, 5.41) is 15.7. The van der Waals surface area contributed by atoms with Crippen LogP contribution in [-0.4, -0.2) is 36.4 Å². The number of benzene rings is 2. The van der Waals surface area contributed by atoms with E-state index in [4.69, 9.17) is 20.0 Å². The SMILES string of the molecule is COc1ccc([C@@H]2[C@H]3CCc4ccc(OC)cc4C3=NN2C(=N)SC)cc1. The third-order valence-corrected chi connectivity index (χ3v) is 5.96. The minimum atomic E-state index is 0.0326. The summed E-state index contributed by atoms with van der Waals surface area (Å²) in [7, 11) is 3.36. The molecule has 4 rings (SSSR count). The molecule has 1 aliphatic heterocycles. The van der Waals surface area contributed by atoms with E-state index in [1.807, 2.05) is 29.5 Å². The molecule has 2 atom stereocenters. The van der Waals surface area contributed by atoms with Gasteiger partial charge in [-0.1, -0.05) is 30.0 Å². The van der Waals surface area contributed by atoms with Crippen molar-refractivity contribution in [2.24, 2.45) is 11.0 Å². The van der Waals surface area contributed by atoms with Gasteiger partial charge in [0, 0.05) is 11.5 Å². The number of aryl methyl sites for hydroxylation is 1. The van der Waals surface area contributed by atoms with Gasteiger partial charge in [-0.15, -0.1) is 0 Å². The Bertz CT molecular complexity index is 895. The third-order valence-electron chi connectivity index (χ3n) is 5.39. The van der Waals surface area contributed by atoms with Gasteiger partial charge >= 0.3 is 0 Å². The number of rotatable bonds is 3. The van der Waals surface area contributed by atoms with Crippen molar-refractivity contribution in [2.75, 3.05) is 20.5 Å². The van der Waals surface area contributed by atoms with Crippen molar-refractivity contribution >= 4 is 22.6 Å². The van der Waals surface area contributed by atoms with Crippen molar-refractivity contribution in [1.82, 2.24) is 5.01 Å². The maximum absolute atomic E-state index is 8.44. The van der Waals surface area contributed by atoms with Crippen LogP contribution in [0.2, 0.25) is 0 Å². The van der Waals surface area contributed by atoms with E-state index < -0.39 is 0 Å². The Morgan fingerprint density at radius 1 is 1.11 bits per heavy atom. The standard InChI is InChI=1S/C21H23N3O2S/c1-25-15-8-5-14(6-9-15)20-17-11-7-13-4-10-16(26-2)12-18(13)19(17)23-24(20)21(22)27-3/h4-6,8-10,12,17,20,22H,7,11H2,1-3H3/t17-,20+/m0/s1. The van der Waals surface area contributed by atoms with Crippen molar-refractivity contribution in [2.45, 2.75) is 18.9 Å². The number of nitrogens with zero attached hydrogens (tertiary/aromatic N) is 2. The lowest BCUT2D eigenvalue weighted by atomic mass is 9.77. The van der Waals surface area contributed by atoms with E-state index in [2.05, 4.69) is 24.3 Å². The number of ether oxygens (including phenoxy) is 2. The molecule has 0 spiro atoms. The summed E-state index contributed by atoms with van der Waals surface area (Å²) in [5.74, 6) is 1.94. The molecule has 0 saturated heterocycles. The number of amidine groups is 1. The Kier molecular flexibility index (Phi) is 4.83. The minimum absolute atomic E-state index is 0.0326. The van der Waals surface area contributed by atoms with Crippen LogP contribution >= 0.6 is 11.8 Å². The van der Waals surface area contributed by atoms with Gasteiger partial charge in [-0.25, -0.2) is 5.01 Å². The second-order valence-corrected chi connectivity index (χ2v) is 7.52. The molecule has 0 aromatic heterocycles. The molecule has 0 amide bonds. The maximum Gasteiger partial charge on any atom is 0.177 e. The third kappa shape index (κ3) is 3.08. The Balaban J connectivity index is 1.78. The van der Waals surface area contributed by atoms with Crippen LogP contribution in [0.4, 0.5) is 0 Å². The number of hydrogen-bond donors (Lipinski definition) is 1. The molecule has 0 saturated carbocycles. The summed E-state index contributed by atoms with van der Waals surface area (Å²) >= 11 is 1.42. The topological polar surface area (TPSA) is 57.9 Å². The van der Waals surface area contributed by atoms with Gasteiger partial charge in [-0.2, -0.15) is 5.10 Å². The first kappa shape index (κ1) is 17.9. The van der Waals surface area contributed by atoms with E-state index in [0.717, 1.165) is 41.2 Å². The number of hydrogen-bond acceptors (Lipinski definition) is 5. The van der Waals surface area contributed by atoms with E-state index in [1.54, 1.807) is 14.2 Å². The van der Waals surface area contributed by atoms with Gasteiger partial charge in [0.15, 0.2) is 5.17 Å². The van der Waals surface area contributed by atoms with Crippen molar-refractivity contribution in [1.29, 1.82) is 5.41 Å². The smallest absolute Gasteiger partial charge is 0.177 e. The quantitative estimate of drug-likeness (QED) is 0.635. The van der Waals surface area contributed by atoms with Crippen molar-refractivity contribution in [3.63, 3.8) is 0 Å². The van der Waals surface area contributed by atoms with E-state index >= 15 is 0 Å². The molecule has 1 heterocycles. The predicted octanol–water partition coefficient (Wildman–Crippen LogP) is 4.32. The maximum atomic E-state index is 8.44.